The van der Waals surface area contributed by atoms with Gasteiger partial charge in [0.05, 0.1) is 18.2 Å². The van der Waals surface area contributed by atoms with Crippen LogP contribution in [-0.2, 0) is 9.59 Å². The Hall–Kier alpha value is -3.19. The number of aryl methyl sites for hydroxylation is 1. The summed E-state index contributed by atoms with van der Waals surface area (Å²) in [5.41, 5.74) is 2.10. The molecule has 1 fully saturated rings. The van der Waals surface area contributed by atoms with Gasteiger partial charge in [-0.2, -0.15) is 0 Å². The number of aromatic nitrogens is 1. The first-order valence-corrected chi connectivity index (χ1v) is 11.3. The Labute approximate surface area is 195 Å². The number of ether oxygens (including phenoxy) is 1. The number of hydrogen-bond donors (Lipinski definition) is 1. The van der Waals surface area contributed by atoms with E-state index < -0.39 is 17.7 Å². The van der Waals surface area contributed by atoms with E-state index in [-0.39, 0.29) is 11.3 Å². The summed E-state index contributed by atoms with van der Waals surface area (Å²) in [5.74, 6) is -0.341. The average molecular weight is 452 g/mol. The van der Waals surface area contributed by atoms with Crippen LogP contribution >= 0.6 is 0 Å². The number of hydrogen-bond acceptors (Lipinski definition) is 6. The number of carbonyl (C=O) groups is 2. The lowest BCUT2D eigenvalue weighted by Crippen LogP contribution is -2.32. The molecule has 3 rings (SSSR count). The van der Waals surface area contributed by atoms with Crippen LogP contribution in [0.25, 0.3) is 5.76 Å². The minimum absolute atomic E-state index is 0.0908. The highest BCUT2D eigenvalue weighted by Gasteiger charge is 2.45. The van der Waals surface area contributed by atoms with Crippen molar-refractivity contribution in [1.82, 2.24) is 14.8 Å². The van der Waals surface area contributed by atoms with E-state index in [1.807, 2.05) is 32.0 Å². The van der Waals surface area contributed by atoms with Crippen molar-refractivity contribution in [3.63, 3.8) is 0 Å². The Kier molecular flexibility index (Phi) is 7.87. The fourth-order valence-corrected chi connectivity index (χ4v) is 3.92. The van der Waals surface area contributed by atoms with E-state index in [1.165, 1.54) is 0 Å². The molecule has 1 N–H and O–H groups in total. The monoisotopic (exact) mass is 451 g/mol. The molecule has 1 amide bonds. The van der Waals surface area contributed by atoms with E-state index in [0.29, 0.717) is 36.6 Å². The first-order chi connectivity index (χ1) is 15.7. The van der Waals surface area contributed by atoms with Crippen molar-refractivity contribution < 1.29 is 19.4 Å². The van der Waals surface area contributed by atoms with Gasteiger partial charge in [0, 0.05) is 24.5 Å². The SMILES string of the molecule is Cc1cc(/C(O)=C2\C(=O)C(=O)N(CCCN(C)C)[C@@H]2c2cccnc2)ccc1OCC(C)C. The van der Waals surface area contributed by atoms with E-state index in [4.69, 9.17) is 4.74 Å². The van der Waals surface area contributed by atoms with E-state index in [1.54, 1.807) is 41.6 Å². The Morgan fingerprint density at radius 2 is 2.00 bits per heavy atom. The lowest BCUT2D eigenvalue weighted by molar-refractivity contribution is -0.139. The Morgan fingerprint density at radius 3 is 2.61 bits per heavy atom. The van der Waals surface area contributed by atoms with Crippen LogP contribution in [0.1, 0.15) is 43.0 Å². The summed E-state index contributed by atoms with van der Waals surface area (Å²) in [5, 5.41) is 11.2. The molecule has 1 aromatic carbocycles. The fraction of sp³-hybridized carbons (Fsp3) is 0.423. The molecule has 0 aliphatic carbocycles. The molecule has 0 spiro atoms. The smallest absolute Gasteiger partial charge is 0.295 e. The molecular weight excluding hydrogens is 418 g/mol. The lowest BCUT2D eigenvalue weighted by Gasteiger charge is -2.25. The highest BCUT2D eigenvalue weighted by Crippen LogP contribution is 2.39. The zero-order valence-corrected chi connectivity index (χ0v) is 20.0. The van der Waals surface area contributed by atoms with Crippen LogP contribution in [0.3, 0.4) is 0 Å². The summed E-state index contributed by atoms with van der Waals surface area (Å²) in [6.45, 7) is 7.81. The van der Waals surface area contributed by atoms with Crippen LogP contribution in [0, 0.1) is 12.8 Å². The van der Waals surface area contributed by atoms with Gasteiger partial charge in [0.1, 0.15) is 11.5 Å². The van der Waals surface area contributed by atoms with Gasteiger partial charge in [0.15, 0.2) is 0 Å². The third-order valence-corrected chi connectivity index (χ3v) is 5.56. The van der Waals surface area contributed by atoms with Crippen molar-refractivity contribution in [1.29, 1.82) is 0 Å². The molecule has 0 bridgehead atoms. The molecule has 7 nitrogen and oxygen atoms in total. The summed E-state index contributed by atoms with van der Waals surface area (Å²) < 4.78 is 5.83. The molecule has 33 heavy (non-hydrogen) atoms. The second-order valence-corrected chi connectivity index (χ2v) is 9.12. The maximum atomic E-state index is 13.1. The minimum atomic E-state index is -0.682. The van der Waals surface area contributed by atoms with Crippen LogP contribution in [-0.4, -0.2) is 65.4 Å². The number of carbonyl (C=O) groups excluding carboxylic acids is 2. The predicted molar refractivity (Wildman–Crippen MR) is 128 cm³/mol. The molecule has 1 atom stereocenters. The first-order valence-electron chi connectivity index (χ1n) is 11.3. The molecule has 1 saturated heterocycles. The van der Waals surface area contributed by atoms with Gasteiger partial charge in [-0.25, -0.2) is 0 Å². The fourth-order valence-electron chi connectivity index (χ4n) is 3.92. The van der Waals surface area contributed by atoms with Crippen LogP contribution in [0.2, 0.25) is 0 Å². The lowest BCUT2D eigenvalue weighted by atomic mass is 9.95. The van der Waals surface area contributed by atoms with E-state index in [2.05, 4.69) is 18.8 Å². The number of aliphatic hydroxyl groups excluding tert-OH is 1. The van der Waals surface area contributed by atoms with Crippen molar-refractivity contribution in [2.45, 2.75) is 33.2 Å². The van der Waals surface area contributed by atoms with Gasteiger partial charge in [0.25, 0.3) is 11.7 Å². The number of ketones is 1. The number of pyridine rings is 1. The Morgan fingerprint density at radius 1 is 1.24 bits per heavy atom. The molecule has 176 valence electrons. The molecule has 0 saturated carbocycles. The zero-order valence-electron chi connectivity index (χ0n) is 20.0. The summed E-state index contributed by atoms with van der Waals surface area (Å²) in [6, 6.07) is 8.20. The van der Waals surface area contributed by atoms with Gasteiger partial charge in [-0.15, -0.1) is 0 Å². The quantitative estimate of drug-likeness (QED) is 0.355. The summed E-state index contributed by atoms with van der Waals surface area (Å²) in [6.07, 6.45) is 3.98. The number of rotatable bonds is 9. The van der Waals surface area contributed by atoms with Gasteiger partial charge in [-0.3, -0.25) is 14.6 Å². The molecule has 7 heteroatoms. The van der Waals surface area contributed by atoms with Gasteiger partial charge in [-0.1, -0.05) is 19.9 Å². The molecule has 1 aliphatic rings. The van der Waals surface area contributed by atoms with Crippen LogP contribution in [0.5, 0.6) is 5.75 Å². The Balaban J connectivity index is 2.01. The standard InChI is InChI=1S/C26H33N3O4/c1-17(2)16-33-21-10-9-19(14-18(21)3)24(30)22-23(20-8-6-11-27-15-20)29(26(32)25(22)31)13-7-12-28(4)5/h6,8-11,14-15,17,23,30H,7,12-13,16H2,1-5H3/b24-22+/t23-/m1/s1. The van der Waals surface area contributed by atoms with E-state index >= 15 is 0 Å². The number of Topliss-reactive ketones (excluding diaryl/α,β-unsaturated/α-hetero) is 1. The summed E-state index contributed by atoms with van der Waals surface area (Å²) >= 11 is 0. The van der Waals surface area contributed by atoms with Crippen molar-refractivity contribution in [3.05, 3.63) is 65.0 Å². The van der Waals surface area contributed by atoms with Gasteiger partial charge >= 0.3 is 0 Å². The summed E-state index contributed by atoms with van der Waals surface area (Å²) in [7, 11) is 3.92. The first kappa shape index (κ1) is 24.5. The van der Waals surface area contributed by atoms with Crippen molar-refractivity contribution >= 4 is 17.4 Å². The molecule has 0 unspecified atom stereocenters. The number of nitrogens with zero attached hydrogens (tertiary/aromatic N) is 3. The number of aliphatic hydroxyl groups is 1. The second kappa shape index (κ2) is 10.6. The zero-order chi connectivity index (χ0) is 24.1. The van der Waals surface area contributed by atoms with Crippen LogP contribution < -0.4 is 4.74 Å². The number of likely N-dealkylation sites (tertiary alicyclic amines) is 1. The van der Waals surface area contributed by atoms with Gasteiger partial charge in [-0.05, 0) is 75.3 Å². The minimum Gasteiger partial charge on any atom is -0.507 e. The molecule has 0 radical (unpaired) electrons. The third kappa shape index (κ3) is 5.60. The third-order valence-electron chi connectivity index (χ3n) is 5.56. The van der Waals surface area contributed by atoms with Crippen LogP contribution in [0.4, 0.5) is 0 Å². The molecule has 1 aliphatic heterocycles. The number of amides is 1. The van der Waals surface area contributed by atoms with Crippen molar-refractivity contribution in [2.24, 2.45) is 5.92 Å². The topological polar surface area (TPSA) is 83.0 Å². The van der Waals surface area contributed by atoms with Gasteiger partial charge < -0.3 is 19.6 Å². The van der Waals surface area contributed by atoms with Crippen molar-refractivity contribution in [2.75, 3.05) is 33.8 Å². The molecule has 2 aromatic rings. The highest BCUT2D eigenvalue weighted by atomic mass is 16.5. The predicted octanol–water partition coefficient (Wildman–Crippen LogP) is 3.80. The molecule has 1 aromatic heterocycles. The average Bonchev–Trinajstić information content (AvgIpc) is 3.03. The van der Waals surface area contributed by atoms with E-state index in [0.717, 1.165) is 17.9 Å². The normalized spacial score (nSPS) is 17.9. The van der Waals surface area contributed by atoms with Gasteiger partial charge in [0.2, 0.25) is 0 Å². The molecular formula is C26H33N3O4. The maximum absolute atomic E-state index is 13.1. The maximum Gasteiger partial charge on any atom is 0.295 e. The van der Waals surface area contributed by atoms with Crippen LogP contribution in [0.15, 0.2) is 48.3 Å². The van der Waals surface area contributed by atoms with Crippen molar-refractivity contribution in [3.8, 4) is 5.75 Å². The molecule has 2 heterocycles. The second-order valence-electron chi connectivity index (χ2n) is 9.12. The van der Waals surface area contributed by atoms with E-state index in [9.17, 15) is 14.7 Å². The largest absolute Gasteiger partial charge is 0.507 e. The highest BCUT2D eigenvalue weighted by molar-refractivity contribution is 6.46. The Bertz CT molecular complexity index is 1030. The summed E-state index contributed by atoms with van der Waals surface area (Å²) in [4.78, 5) is 33.8. The number of benzene rings is 1.